The third-order valence-corrected chi connectivity index (χ3v) is 4.90. The fourth-order valence-corrected chi connectivity index (χ4v) is 3.15. The van der Waals surface area contributed by atoms with E-state index in [0.29, 0.717) is 12.8 Å². The average molecular weight is 386 g/mol. The van der Waals surface area contributed by atoms with Crippen molar-refractivity contribution in [3.63, 3.8) is 0 Å². The van der Waals surface area contributed by atoms with Gasteiger partial charge in [-0.15, -0.1) is 0 Å². The summed E-state index contributed by atoms with van der Waals surface area (Å²) in [6, 6.07) is -0.627. The van der Waals surface area contributed by atoms with E-state index in [1.165, 1.54) is 44.9 Å². The molecule has 0 heterocycles. The molecule has 0 aliphatic rings. The van der Waals surface area contributed by atoms with E-state index >= 15 is 0 Å². The predicted octanol–water partition coefficient (Wildman–Crippen LogP) is 4.68. The summed E-state index contributed by atoms with van der Waals surface area (Å²) < 4.78 is 0. The van der Waals surface area contributed by atoms with Crippen LogP contribution in [0.4, 0.5) is 0 Å². The first-order valence-electron chi connectivity index (χ1n) is 10.7. The van der Waals surface area contributed by atoms with Crippen molar-refractivity contribution in [3.8, 4) is 0 Å². The first-order chi connectivity index (χ1) is 12.9. The first kappa shape index (κ1) is 25.6. The Balaban J connectivity index is 3.25. The third kappa shape index (κ3) is 19.1. The molecule has 0 fully saturated rings. The van der Waals surface area contributed by atoms with E-state index in [1.54, 1.807) is 0 Å². The number of rotatable bonds is 20. The highest BCUT2D eigenvalue weighted by atomic mass is 16.4. The lowest BCUT2D eigenvalue weighted by Crippen LogP contribution is -2.30. The maximum atomic E-state index is 11.8. The molecule has 0 bridgehead atoms. The van der Waals surface area contributed by atoms with Crippen LogP contribution in [0.1, 0.15) is 109 Å². The lowest BCUT2D eigenvalue weighted by molar-refractivity contribution is -0.138. The van der Waals surface area contributed by atoms with Gasteiger partial charge in [0, 0.05) is 19.3 Å². The predicted molar refractivity (Wildman–Crippen MR) is 107 cm³/mol. The minimum Gasteiger partial charge on any atom is -0.481 e. The number of carbonyl (C=O) groups is 3. The van der Waals surface area contributed by atoms with Crippen LogP contribution in [-0.2, 0) is 14.4 Å². The molecular weight excluding hydrogens is 346 g/mol. The van der Waals surface area contributed by atoms with Crippen LogP contribution in [0, 0.1) is 0 Å². The van der Waals surface area contributed by atoms with Crippen molar-refractivity contribution in [2.45, 2.75) is 115 Å². The van der Waals surface area contributed by atoms with Crippen LogP contribution in [0.15, 0.2) is 0 Å². The molecule has 158 valence electrons. The second kappa shape index (κ2) is 18.0. The van der Waals surface area contributed by atoms with Crippen molar-refractivity contribution < 1.29 is 24.6 Å². The highest BCUT2D eigenvalue weighted by molar-refractivity contribution is 5.84. The molecule has 27 heavy (non-hydrogen) atoms. The summed E-state index contributed by atoms with van der Waals surface area (Å²) in [4.78, 5) is 32.6. The van der Waals surface area contributed by atoms with Crippen molar-refractivity contribution in [2.75, 3.05) is 0 Å². The Hall–Kier alpha value is -1.43. The van der Waals surface area contributed by atoms with E-state index in [9.17, 15) is 14.4 Å². The minimum absolute atomic E-state index is 0.0146. The molecule has 6 heteroatoms. The maximum absolute atomic E-state index is 11.8. The summed E-state index contributed by atoms with van der Waals surface area (Å²) in [6.07, 6.45) is 15.6. The fraction of sp³-hybridized carbons (Fsp3) is 0.857. The van der Waals surface area contributed by atoms with Gasteiger partial charge < -0.3 is 15.9 Å². The number of carboxylic acids is 2. The Morgan fingerprint density at radius 2 is 0.889 bits per heavy atom. The van der Waals surface area contributed by atoms with E-state index in [1.807, 2.05) is 0 Å². The van der Waals surface area contributed by atoms with Crippen molar-refractivity contribution in [1.29, 1.82) is 0 Å². The van der Waals surface area contributed by atoms with Crippen LogP contribution in [0.25, 0.3) is 0 Å². The maximum Gasteiger partial charge on any atom is 0.303 e. The van der Waals surface area contributed by atoms with E-state index in [-0.39, 0.29) is 18.6 Å². The van der Waals surface area contributed by atoms with E-state index in [0.717, 1.165) is 38.5 Å². The normalized spacial score (nSPS) is 12.0. The lowest BCUT2D eigenvalue weighted by atomic mass is 10.0. The molecule has 0 unspecified atom stereocenters. The highest BCUT2D eigenvalue weighted by Gasteiger charge is 2.14. The second-order valence-electron chi connectivity index (χ2n) is 7.50. The van der Waals surface area contributed by atoms with Crippen LogP contribution in [-0.4, -0.2) is 34.0 Å². The van der Waals surface area contributed by atoms with Crippen molar-refractivity contribution in [1.82, 2.24) is 0 Å². The number of nitrogens with two attached hydrogens (primary N) is 1. The number of carbonyl (C=O) groups excluding carboxylic acids is 1. The molecule has 0 saturated carbocycles. The van der Waals surface area contributed by atoms with Gasteiger partial charge in [-0.1, -0.05) is 70.6 Å². The van der Waals surface area contributed by atoms with Gasteiger partial charge in [0.05, 0.1) is 6.04 Å². The molecular formula is C21H39NO5. The second-order valence-corrected chi connectivity index (χ2v) is 7.50. The van der Waals surface area contributed by atoms with Crippen LogP contribution >= 0.6 is 0 Å². The summed E-state index contributed by atoms with van der Waals surface area (Å²) in [6.45, 7) is 0. The molecule has 0 aliphatic heterocycles. The van der Waals surface area contributed by atoms with Crippen LogP contribution in [0.5, 0.6) is 0 Å². The fourth-order valence-electron chi connectivity index (χ4n) is 3.15. The van der Waals surface area contributed by atoms with Crippen LogP contribution in [0.3, 0.4) is 0 Å². The monoisotopic (exact) mass is 385 g/mol. The van der Waals surface area contributed by atoms with E-state index in [2.05, 4.69) is 0 Å². The topological polar surface area (TPSA) is 118 Å². The zero-order valence-electron chi connectivity index (χ0n) is 16.8. The van der Waals surface area contributed by atoms with Gasteiger partial charge in [0.1, 0.15) is 5.78 Å². The average Bonchev–Trinajstić information content (AvgIpc) is 2.62. The molecule has 0 saturated heterocycles. The highest BCUT2D eigenvalue weighted by Crippen LogP contribution is 2.13. The molecule has 0 aromatic rings. The molecule has 0 spiro atoms. The molecule has 1 atom stereocenters. The summed E-state index contributed by atoms with van der Waals surface area (Å²) in [5.74, 6) is -1.62. The lowest BCUT2D eigenvalue weighted by Gasteiger charge is -2.08. The number of ketones is 1. The molecule has 4 N–H and O–H groups in total. The summed E-state index contributed by atoms with van der Waals surface area (Å²) in [5, 5.41) is 17.1. The molecule has 0 aromatic carbocycles. The zero-order valence-corrected chi connectivity index (χ0v) is 16.8. The van der Waals surface area contributed by atoms with Crippen LogP contribution < -0.4 is 5.73 Å². The van der Waals surface area contributed by atoms with Crippen molar-refractivity contribution in [2.24, 2.45) is 5.73 Å². The Labute approximate surface area is 163 Å². The molecule has 0 aromatic heterocycles. The van der Waals surface area contributed by atoms with E-state index in [4.69, 9.17) is 15.9 Å². The summed E-state index contributed by atoms with van der Waals surface area (Å²) >= 11 is 0. The first-order valence-corrected chi connectivity index (χ1v) is 10.7. The van der Waals surface area contributed by atoms with Crippen molar-refractivity contribution in [3.05, 3.63) is 0 Å². The molecule has 0 rings (SSSR count). The number of Topliss-reactive ketones (excluding diaryl/α,β-unsaturated/α-hetero) is 1. The summed E-state index contributed by atoms with van der Waals surface area (Å²) in [7, 11) is 0. The Kier molecular flexibility index (Phi) is 17.0. The Morgan fingerprint density at radius 3 is 1.26 bits per heavy atom. The Bertz CT molecular complexity index is 411. The SMILES string of the molecule is N[C@@H](CCC(=O)O)C(=O)CCCCCCCCCCCCCCCC(=O)O. The quantitative estimate of drug-likeness (QED) is 0.262. The van der Waals surface area contributed by atoms with E-state index < -0.39 is 18.0 Å². The van der Waals surface area contributed by atoms with Gasteiger partial charge >= 0.3 is 11.9 Å². The standard InChI is InChI=1S/C21H39NO5/c22-18(16-17-21(26)27)19(23)14-12-10-8-6-4-2-1-3-5-7-9-11-13-15-20(24)25/h18H,1-17,22H2,(H,24,25)(H,26,27)/t18-/m0/s1. The summed E-state index contributed by atoms with van der Waals surface area (Å²) in [5.41, 5.74) is 5.70. The van der Waals surface area contributed by atoms with Crippen molar-refractivity contribution >= 4 is 17.7 Å². The molecule has 0 radical (unpaired) electrons. The number of hydrogen-bond acceptors (Lipinski definition) is 4. The van der Waals surface area contributed by atoms with Gasteiger partial charge in [-0.3, -0.25) is 14.4 Å². The molecule has 0 aliphatic carbocycles. The van der Waals surface area contributed by atoms with Gasteiger partial charge in [0.25, 0.3) is 0 Å². The van der Waals surface area contributed by atoms with Gasteiger partial charge in [-0.25, -0.2) is 0 Å². The zero-order chi connectivity index (χ0) is 20.3. The number of unbranched alkanes of at least 4 members (excludes halogenated alkanes) is 12. The van der Waals surface area contributed by atoms with Gasteiger partial charge in [0.2, 0.25) is 0 Å². The number of carboxylic acid groups (broad SMARTS) is 2. The largest absolute Gasteiger partial charge is 0.481 e. The number of hydrogen-bond donors (Lipinski definition) is 3. The molecule has 6 nitrogen and oxygen atoms in total. The van der Waals surface area contributed by atoms with Gasteiger partial charge in [-0.2, -0.15) is 0 Å². The smallest absolute Gasteiger partial charge is 0.303 e. The molecule has 0 amide bonds. The van der Waals surface area contributed by atoms with Gasteiger partial charge in [-0.05, 0) is 19.3 Å². The third-order valence-electron chi connectivity index (χ3n) is 4.90. The minimum atomic E-state index is -0.908. The Morgan fingerprint density at radius 1 is 0.556 bits per heavy atom. The van der Waals surface area contributed by atoms with Gasteiger partial charge in [0.15, 0.2) is 0 Å². The van der Waals surface area contributed by atoms with Crippen LogP contribution in [0.2, 0.25) is 0 Å². The number of aliphatic carboxylic acids is 2.